The van der Waals surface area contributed by atoms with Crippen LogP contribution in [0.1, 0.15) is 30.5 Å². The van der Waals surface area contributed by atoms with E-state index in [0.717, 1.165) is 11.1 Å². The van der Waals surface area contributed by atoms with Gasteiger partial charge in [-0.3, -0.25) is 14.5 Å². The van der Waals surface area contributed by atoms with E-state index in [0.29, 0.717) is 34.7 Å². The molecule has 1 saturated heterocycles. The summed E-state index contributed by atoms with van der Waals surface area (Å²) in [6.45, 7) is 2.49. The van der Waals surface area contributed by atoms with Gasteiger partial charge in [-0.15, -0.1) is 0 Å². The number of anilines is 1. The van der Waals surface area contributed by atoms with Crippen LogP contribution in [-0.2, 0) is 9.59 Å². The SMILES string of the molecule is CCCOc1cccc(/C(O)=C2\C(=O)C(=O)N(c3nc4ccc(OC)cc4s3)C2c2cccc(O)c2)c1. The molecule has 0 radical (unpaired) electrons. The molecule has 0 spiro atoms. The summed E-state index contributed by atoms with van der Waals surface area (Å²) in [5.74, 6) is -0.860. The van der Waals surface area contributed by atoms with E-state index >= 15 is 0 Å². The van der Waals surface area contributed by atoms with Crippen molar-refractivity contribution in [3.63, 3.8) is 0 Å². The summed E-state index contributed by atoms with van der Waals surface area (Å²) >= 11 is 1.23. The molecule has 1 aliphatic rings. The number of phenolic OH excluding ortho intramolecular Hbond substituents is 1. The van der Waals surface area contributed by atoms with Crippen LogP contribution in [0, 0.1) is 0 Å². The monoisotopic (exact) mass is 516 g/mol. The van der Waals surface area contributed by atoms with Gasteiger partial charge in [0, 0.05) is 5.56 Å². The molecule has 1 amide bonds. The number of Topliss-reactive ketones (excluding diaryl/α,β-unsaturated/α-hetero) is 1. The molecule has 3 aromatic carbocycles. The second-order valence-corrected chi connectivity index (χ2v) is 9.48. The molecule has 1 unspecified atom stereocenters. The Morgan fingerprint density at radius 3 is 2.62 bits per heavy atom. The summed E-state index contributed by atoms with van der Waals surface area (Å²) in [5, 5.41) is 21.8. The van der Waals surface area contributed by atoms with Crippen LogP contribution in [0.4, 0.5) is 5.13 Å². The highest BCUT2D eigenvalue weighted by Gasteiger charge is 2.48. The Labute approximate surface area is 217 Å². The van der Waals surface area contributed by atoms with Crippen LogP contribution in [0.2, 0.25) is 0 Å². The van der Waals surface area contributed by atoms with Gasteiger partial charge in [-0.2, -0.15) is 0 Å². The largest absolute Gasteiger partial charge is 0.508 e. The molecule has 1 fully saturated rings. The molecule has 0 bridgehead atoms. The first-order chi connectivity index (χ1) is 17.9. The second-order valence-electron chi connectivity index (χ2n) is 8.47. The summed E-state index contributed by atoms with van der Waals surface area (Å²) in [5.41, 5.74) is 1.33. The maximum Gasteiger partial charge on any atom is 0.301 e. The predicted octanol–water partition coefficient (Wildman–Crippen LogP) is 5.43. The highest BCUT2D eigenvalue weighted by molar-refractivity contribution is 7.22. The highest BCUT2D eigenvalue weighted by Crippen LogP contribution is 2.45. The van der Waals surface area contributed by atoms with Crippen molar-refractivity contribution >= 4 is 44.1 Å². The Hall–Kier alpha value is -4.37. The number of hydrogen-bond acceptors (Lipinski definition) is 8. The average Bonchev–Trinajstić information content (AvgIpc) is 3.44. The fraction of sp³-hybridized carbons (Fsp3) is 0.179. The number of rotatable bonds is 7. The third-order valence-electron chi connectivity index (χ3n) is 6.00. The number of carbonyl (C=O) groups is 2. The topological polar surface area (TPSA) is 109 Å². The van der Waals surface area contributed by atoms with E-state index in [1.165, 1.54) is 28.4 Å². The standard InChI is InChI=1S/C28H24N2O6S/c1-3-12-36-20-9-5-7-17(14-20)25(32)23-24(16-6-4-8-18(31)13-16)30(27(34)26(23)33)28-29-21-11-10-19(35-2)15-22(21)37-28/h4-11,13-15,24,31-32H,3,12H2,1-2H3/b25-23+. The number of aromatic hydroxyl groups is 1. The number of benzene rings is 3. The van der Waals surface area contributed by atoms with Crippen LogP contribution in [0.15, 0.2) is 72.3 Å². The first-order valence-electron chi connectivity index (χ1n) is 11.7. The lowest BCUT2D eigenvalue weighted by molar-refractivity contribution is -0.132. The van der Waals surface area contributed by atoms with Gasteiger partial charge < -0.3 is 19.7 Å². The van der Waals surface area contributed by atoms with E-state index in [-0.39, 0.29) is 22.2 Å². The number of aliphatic hydroxyl groups is 1. The minimum atomic E-state index is -1.00. The number of hydrogen-bond donors (Lipinski definition) is 2. The molecular weight excluding hydrogens is 492 g/mol. The van der Waals surface area contributed by atoms with E-state index in [1.807, 2.05) is 6.92 Å². The maximum absolute atomic E-state index is 13.4. The van der Waals surface area contributed by atoms with Crippen LogP contribution in [0.25, 0.3) is 16.0 Å². The third-order valence-corrected chi connectivity index (χ3v) is 7.02. The van der Waals surface area contributed by atoms with Crippen molar-refractivity contribution in [3.05, 3.63) is 83.4 Å². The smallest absolute Gasteiger partial charge is 0.301 e. The minimum absolute atomic E-state index is 0.0351. The Morgan fingerprint density at radius 1 is 1.05 bits per heavy atom. The number of fused-ring (bicyclic) bond motifs is 1. The summed E-state index contributed by atoms with van der Waals surface area (Å²) in [6.07, 6.45) is 0.812. The van der Waals surface area contributed by atoms with Crippen molar-refractivity contribution in [1.29, 1.82) is 0 Å². The fourth-order valence-electron chi connectivity index (χ4n) is 4.27. The quantitative estimate of drug-likeness (QED) is 0.192. The van der Waals surface area contributed by atoms with Crippen LogP contribution in [0.5, 0.6) is 17.2 Å². The minimum Gasteiger partial charge on any atom is -0.508 e. The number of thiazole rings is 1. The zero-order chi connectivity index (χ0) is 26.1. The molecule has 5 rings (SSSR count). The molecule has 8 nitrogen and oxygen atoms in total. The number of ketones is 1. The third kappa shape index (κ3) is 4.49. The molecule has 2 heterocycles. The average molecular weight is 517 g/mol. The molecule has 0 saturated carbocycles. The van der Waals surface area contributed by atoms with E-state index in [2.05, 4.69) is 4.98 Å². The number of nitrogens with zero attached hydrogens (tertiary/aromatic N) is 2. The van der Waals surface area contributed by atoms with Crippen molar-refractivity contribution in [2.75, 3.05) is 18.6 Å². The predicted molar refractivity (Wildman–Crippen MR) is 141 cm³/mol. The fourth-order valence-corrected chi connectivity index (χ4v) is 5.29. The lowest BCUT2D eigenvalue weighted by atomic mass is 9.95. The molecular formula is C28H24N2O6S. The Morgan fingerprint density at radius 2 is 1.86 bits per heavy atom. The van der Waals surface area contributed by atoms with E-state index in [1.54, 1.807) is 61.7 Å². The number of methoxy groups -OCH3 is 1. The van der Waals surface area contributed by atoms with Crippen molar-refractivity contribution in [3.8, 4) is 17.2 Å². The van der Waals surface area contributed by atoms with Gasteiger partial charge in [0.1, 0.15) is 23.0 Å². The Balaban J connectivity index is 1.68. The van der Waals surface area contributed by atoms with Gasteiger partial charge in [-0.25, -0.2) is 4.98 Å². The Bertz CT molecular complexity index is 1540. The molecule has 37 heavy (non-hydrogen) atoms. The van der Waals surface area contributed by atoms with E-state index in [4.69, 9.17) is 9.47 Å². The van der Waals surface area contributed by atoms with Gasteiger partial charge in [-0.1, -0.05) is 42.5 Å². The molecule has 1 aliphatic heterocycles. The van der Waals surface area contributed by atoms with Crippen LogP contribution in [-0.4, -0.2) is 40.6 Å². The van der Waals surface area contributed by atoms with Gasteiger partial charge in [-0.05, 0) is 54.4 Å². The van der Waals surface area contributed by atoms with Crippen LogP contribution in [0.3, 0.4) is 0 Å². The van der Waals surface area contributed by atoms with Gasteiger partial charge in [0.15, 0.2) is 5.13 Å². The summed E-state index contributed by atoms with van der Waals surface area (Å²) < 4.78 is 11.7. The van der Waals surface area contributed by atoms with Crippen LogP contribution >= 0.6 is 11.3 Å². The number of carbonyl (C=O) groups excluding carboxylic acids is 2. The van der Waals surface area contributed by atoms with Gasteiger partial charge >= 0.3 is 5.91 Å². The first kappa shape index (κ1) is 24.3. The number of amides is 1. The molecule has 0 aliphatic carbocycles. The normalized spacial score (nSPS) is 16.9. The summed E-state index contributed by atoms with van der Waals surface area (Å²) in [7, 11) is 1.56. The van der Waals surface area contributed by atoms with E-state index in [9.17, 15) is 19.8 Å². The zero-order valence-electron chi connectivity index (χ0n) is 20.2. The van der Waals surface area contributed by atoms with Crippen molar-refractivity contribution < 1.29 is 29.3 Å². The molecule has 4 aromatic rings. The second kappa shape index (κ2) is 9.94. The number of aromatic nitrogens is 1. The highest BCUT2D eigenvalue weighted by atomic mass is 32.1. The number of phenols is 1. The van der Waals surface area contributed by atoms with Crippen molar-refractivity contribution in [2.45, 2.75) is 19.4 Å². The first-order valence-corrected chi connectivity index (χ1v) is 12.5. The molecule has 2 N–H and O–H groups in total. The summed E-state index contributed by atoms with van der Waals surface area (Å²) in [4.78, 5) is 32.7. The molecule has 1 aromatic heterocycles. The van der Waals surface area contributed by atoms with E-state index < -0.39 is 17.7 Å². The molecule has 9 heteroatoms. The van der Waals surface area contributed by atoms with Crippen molar-refractivity contribution in [2.24, 2.45) is 0 Å². The van der Waals surface area contributed by atoms with Crippen LogP contribution < -0.4 is 14.4 Å². The van der Waals surface area contributed by atoms with Gasteiger partial charge in [0.05, 0.1) is 35.5 Å². The zero-order valence-corrected chi connectivity index (χ0v) is 21.0. The van der Waals surface area contributed by atoms with Gasteiger partial charge in [0.2, 0.25) is 0 Å². The molecule has 1 atom stereocenters. The van der Waals surface area contributed by atoms with Gasteiger partial charge in [0.25, 0.3) is 5.78 Å². The lowest BCUT2D eigenvalue weighted by Gasteiger charge is -2.23. The maximum atomic E-state index is 13.4. The molecule has 188 valence electrons. The summed E-state index contributed by atoms with van der Waals surface area (Å²) in [6, 6.07) is 17.3. The number of aliphatic hydroxyl groups excluding tert-OH is 1. The van der Waals surface area contributed by atoms with Crippen molar-refractivity contribution in [1.82, 2.24) is 4.98 Å². The Kier molecular flexibility index (Phi) is 6.54. The number of ether oxygens (including phenoxy) is 2. The lowest BCUT2D eigenvalue weighted by Crippen LogP contribution is -2.29.